The Balaban J connectivity index is 0.00000144. The van der Waals surface area contributed by atoms with Crippen molar-refractivity contribution in [1.29, 1.82) is 0 Å². The van der Waals surface area contributed by atoms with Crippen molar-refractivity contribution in [2.45, 2.75) is 18.9 Å². The summed E-state index contributed by atoms with van der Waals surface area (Å²) in [5, 5.41) is 2.78. The summed E-state index contributed by atoms with van der Waals surface area (Å²) in [6, 6.07) is 5.95. The number of hydrogen-bond acceptors (Lipinski definition) is 2. The minimum atomic E-state index is -0.494. The molecule has 3 N–H and O–H groups in total. The Kier molecular flexibility index (Phi) is 4.90. The molecule has 0 heterocycles. The van der Waals surface area contributed by atoms with Gasteiger partial charge in [0.05, 0.1) is 5.56 Å². The molecule has 1 aliphatic carbocycles. The van der Waals surface area contributed by atoms with E-state index in [0.717, 1.165) is 12.8 Å². The molecule has 3 nitrogen and oxygen atoms in total. The highest BCUT2D eigenvalue weighted by Gasteiger charge is 2.31. The molecule has 1 amide bonds. The first-order chi connectivity index (χ1) is 7.72. The number of rotatable bonds is 4. The van der Waals surface area contributed by atoms with E-state index >= 15 is 0 Å². The highest BCUT2D eigenvalue weighted by atomic mass is 35.5. The summed E-state index contributed by atoms with van der Waals surface area (Å²) < 4.78 is 13.3. The highest BCUT2D eigenvalue weighted by molar-refractivity contribution is 5.94. The van der Waals surface area contributed by atoms with Gasteiger partial charge in [0.1, 0.15) is 5.82 Å². The summed E-state index contributed by atoms with van der Waals surface area (Å²) in [6.07, 6.45) is 2.19. The van der Waals surface area contributed by atoms with Crippen molar-refractivity contribution in [3.05, 3.63) is 35.6 Å². The molecule has 0 radical (unpaired) electrons. The van der Waals surface area contributed by atoms with Crippen molar-refractivity contribution in [3.63, 3.8) is 0 Å². The number of hydrogen-bond donors (Lipinski definition) is 2. The van der Waals surface area contributed by atoms with Crippen LogP contribution in [0.5, 0.6) is 0 Å². The second-order valence-corrected chi connectivity index (χ2v) is 4.13. The number of nitrogens with one attached hydrogen (secondary N) is 1. The van der Waals surface area contributed by atoms with Crippen LogP contribution in [0.4, 0.5) is 4.39 Å². The highest BCUT2D eigenvalue weighted by Crippen LogP contribution is 2.32. The molecule has 0 spiro atoms. The molecule has 0 aliphatic heterocycles. The van der Waals surface area contributed by atoms with E-state index in [1.165, 1.54) is 12.1 Å². The van der Waals surface area contributed by atoms with Gasteiger partial charge in [0, 0.05) is 12.6 Å². The van der Waals surface area contributed by atoms with Crippen LogP contribution in [0.15, 0.2) is 24.3 Å². The quantitative estimate of drug-likeness (QED) is 0.864. The number of nitrogens with two attached hydrogens (primary N) is 1. The van der Waals surface area contributed by atoms with E-state index in [-0.39, 0.29) is 29.9 Å². The summed E-state index contributed by atoms with van der Waals surface area (Å²) in [5.41, 5.74) is 5.65. The first-order valence-corrected chi connectivity index (χ1v) is 5.48. The molecule has 0 bridgehead atoms. The van der Waals surface area contributed by atoms with Gasteiger partial charge in [-0.2, -0.15) is 0 Å². The Bertz CT molecular complexity index is 396. The smallest absolute Gasteiger partial charge is 0.254 e. The van der Waals surface area contributed by atoms with Crippen molar-refractivity contribution >= 4 is 18.3 Å². The van der Waals surface area contributed by atoms with E-state index in [0.29, 0.717) is 12.5 Å². The first-order valence-electron chi connectivity index (χ1n) is 5.48. The molecule has 1 saturated carbocycles. The SMILES string of the molecule is Cl.NCC(NC(=O)c1ccccc1F)C1CC1. The maximum absolute atomic E-state index is 13.3. The molecule has 1 atom stereocenters. The van der Waals surface area contributed by atoms with Crippen LogP contribution in [0.3, 0.4) is 0 Å². The van der Waals surface area contributed by atoms with E-state index < -0.39 is 5.82 Å². The molecular formula is C12H16ClFN2O. The lowest BCUT2D eigenvalue weighted by molar-refractivity contribution is 0.0929. The summed E-state index contributed by atoms with van der Waals surface area (Å²) >= 11 is 0. The zero-order valence-corrected chi connectivity index (χ0v) is 10.2. The molecule has 17 heavy (non-hydrogen) atoms. The van der Waals surface area contributed by atoms with Gasteiger partial charge in [-0.3, -0.25) is 4.79 Å². The fourth-order valence-electron chi connectivity index (χ4n) is 1.76. The third-order valence-corrected chi connectivity index (χ3v) is 2.88. The summed E-state index contributed by atoms with van der Waals surface area (Å²) in [4.78, 5) is 11.8. The maximum Gasteiger partial charge on any atom is 0.254 e. The van der Waals surface area contributed by atoms with Gasteiger partial charge >= 0.3 is 0 Å². The molecule has 1 aromatic rings. The monoisotopic (exact) mass is 258 g/mol. The van der Waals surface area contributed by atoms with Crippen molar-refractivity contribution in [1.82, 2.24) is 5.32 Å². The third-order valence-electron chi connectivity index (χ3n) is 2.88. The Labute approximate surface area is 106 Å². The molecular weight excluding hydrogens is 243 g/mol. The number of carbonyl (C=O) groups is 1. The van der Waals surface area contributed by atoms with Crippen LogP contribution in [0.1, 0.15) is 23.2 Å². The Hall–Kier alpha value is -1.13. The number of halogens is 2. The second kappa shape index (κ2) is 5.98. The largest absolute Gasteiger partial charge is 0.348 e. The van der Waals surface area contributed by atoms with Crippen molar-refractivity contribution in [3.8, 4) is 0 Å². The van der Waals surface area contributed by atoms with E-state index in [9.17, 15) is 9.18 Å². The van der Waals surface area contributed by atoms with Crippen LogP contribution in [0, 0.1) is 11.7 Å². The Morgan fingerprint density at radius 2 is 2.12 bits per heavy atom. The van der Waals surface area contributed by atoms with Gasteiger partial charge in [-0.15, -0.1) is 12.4 Å². The van der Waals surface area contributed by atoms with Gasteiger partial charge in [-0.1, -0.05) is 12.1 Å². The predicted octanol–water partition coefficient (Wildman–Crippen LogP) is 1.71. The lowest BCUT2D eigenvalue weighted by atomic mass is 10.1. The van der Waals surface area contributed by atoms with Crippen LogP contribution in [-0.4, -0.2) is 18.5 Å². The molecule has 2 rings (SSSR count). The molecule has 1 aliphatic rings. The zero-order chi connectivity index (χ0) is 11.5. The number of amides is 1. The standard InChI is InChI=1S/C12H15FN2O.ClH/c13-10-4-2-1-3-9(10)12(16)15-11(7-14)8-5-6-8;/h1-4,8,11H,5-7,14H2,(H,15,16);1H. The zero-order valence-electron chi connectivity index (χ0n) is 9.36. The number of benzene rings is 1. The molecule has 1 aromatic carbocycles. The lowest BCUT2D eigenvalue weighted by Gasteiger charge is -2.16. The normalized spacial score (nSPS) is 15.9. The van der Waals surface area contributed by atoms with Crippen LogP contribution in [0.25, 0.3) is 0 Å². The molecule has 5 heteroatoms. The average Bonchev–Trinajstić information content (AvgIpc) is 3.10. The van der Waals surface area contributed by atoms with Gasteiger partial charge < -0.3 is 11.1 Å². The van der Waals surface area contributed by atoms with Crippen molar-refractivity contribution < 1.29 is 9.18 Å². The minimum Gasteiger partial charge on any atom is -0.348 e. The van der Waals surface area contributed by atoms with Gasteiger partial charge in [-0.25, -0.2) is 4.39 Å². The van der Waals surface area contributed by atoms with Crippen LogP contribution in [0.2, 0.25) is 0 Å². The molecule has 94 valence electrons. The maximum atomic E-state index is 13.3. The van der Waals surface area contributed by atoms with Gasteiger partial charge in [0.15, 0.2) is 0 Å². The van der Waals surface area contributed by atoms with E-state index in [4.69, 9.17) is 5.73 Å². The van der Waals surface area contributed by atoms with Gasteiger partial charge in [0.25, 0.3) is 5.91 Å². The first kappa shape index (κ1) is 13.9. The molecule has 0 saturated heterocycles. The fourth-order valence-corrected chi connectivity index (χ4v) is 1.76. The van der Waals surface area contributed by atoms with Crippen LogP contribution in [-0.2, 0) is 0 Å². The predicted molar refractivity (Wildman–Crippen MR) is 66.7 cm³/mol. The third kappa shape index (κ3) is 3.41. The molecule has 1 fully saturated rings. The van der Waals surface area contributed by atoms with Gasteiger partial charge in [0.2, 0.25) is 0 Å². The van der Waals surface area contributed by atoms with Crippen LogP contribution < -0.4 is 11.1 Å². The van der Waals surface area contributed by atoms with Crippen molar-refractivity contribution in [2.75, 3.05) is 6.54 Å². The molecule has 1 unspecified atom stereocenters. The Morgan fingerprint density at radius 1 is 1.47 bits per heavy atom. The van der Waals surface area contributed by atoms with E-state index in [2.05, 4.69) is 5.32 Å². The minimum absolute atomic E-state index is 0. The summed E-state index contributed by atoms with van der Waals surface area (Å²) in [5.74, 6) is -0.396. The van der Waals surface area contributed by atoms with E-state index in [1.807, 2.05) is 0 Å². The average molecular weight is 259 g/mol. The topological polar surface area (TPSA) is 55.1 Å². The van der Waals surface area contributed by atoms with Crippen molar-refractivity contribution in [2.24, 2.45) is 11.7 Å². The lowest BCUT2D eigenvalue weighted by Crippen LogP contribution is -2.42. The number of carbonyl (C=O) groups excluding carboxylic acids is 1. The second-order valence-electron chi connectivity index (χ2n) is 4.13. The summed E-state index contributed by atoms with van der Waals surface area (Å²) in [7, 11) is 0. The fraction of sp³-hybridized carbons (Fsp3) is 0.417. The summed E-state index contributed by atoms with van der Waals surface area (Å²) in [6.45, 7) is 0.408. The van der Waals surface area contributed by atoms with Crippen LogP contribution >= 0.6 is 12.4 Å². The molecule has 0 aromatic heterocycles. The van der Waals surface area contributed by atoms with Gasteiger partial charge in [-0.05, 0) is 30.9 Å². The Morgan fingerprint density at radius 3 is 2.65 bits per heavy atom. The van der Waals surface area contributed by atoms with E-state index in [1.54, 1.807) is 12.1 Å².